The van der Waals surface area contributed by atoms with Crippen LogP contribution >= 0.6 is 23.2 Å². The fraction of sp³-hybridized carbons (Fsp3) is 0.250. The second-order valence-electron chi connectivity index (χ2n) is 4.87. The summed E-state index contributed by atoms with van der Waals surface area (Å²) in [5.74, 6) is 1.34. The van der Waals surface area contributed by atoms with E-state index < -0.39 is 0 Å². The smallest absolute Gasteiger partial charge is 0.146 e. The lowest BCUT2D eigenvalue weighted by Crippen LogP contribution is -2.17. The van der Waals surface area contributed by atoms with Crippen molar-refractivity contribution in [1.29, 1.82) is 0 Å². The van der Waals surface area contributed by atoms with Crippen LogP contribution in [0, 0.1) is 0 Å². The SMILES string of the molecule is Clc1cccc(Oc2ccc(N3CCCC3)cc2Cl)c1. The first-order valence-corrected chi connectivity index (χ1v) is 7.46. The Labute approximate surface area is 128 Å². The predicted octanol–water partition coefficient (Wildman–Crippen LogP) is 5.39. The summed E-state index contributed by atoms with van der Waals surface area (Å²) in [5.41, 5.74) is 1.16. The average Bonchev–Trinajstić information content (AvgIpc) is 2.95. The van der Waals surface area contributed by atoms with E-state index in [9.17, 15) is 0 Å². The molecule has 0 radical (unpaired) electrons. The second kappa shape index (κ2) is 5.94. The average molecular weight is 308 g/mol. The first-order valence-electron chi connectivity index (χ1n) is 6.70. The molecule has 2 nitrogen and oxygen atoms in total. The molecule has 1 saturated heterocycles. The quantitative estimate of drug-likeness (QED) is 0.754. The van der Waals surface area contributed by atoms with Crippen molar-refractivity contribution in [2.75, 3.05) is 18.0 Å². The molecule has 0 amide bonds. The Kier molecular flexibility index (Phi) is 4.04. The van der Waals surface area contributed by atoms with Gasteiger partial charge in [0.1, 0.15) is 11.5 Å². The minimum absolute atomic E-state index is 0.620. The second-order valence-corrected chi connectivity index (χ2v) is 5.71. The van der Waals surface area contributed by atoms with Crippen LogP contribution < -0.4 is 9.64 Å². The molecule has 1 aliphatic heterocycles. The van der Waals surface area contributed by atoms with Gasteiger partial charge in [0.25, 0.3) is 0 Å². The molecule has 104 valence electrons. The van der Waals surface area contributed by atoms with Gasteiger partial charge in [0, 0.05) is 23.8 Å². The Balaban J connectivity index is 1.80. The molecule has 1 heterocycles. The molecule has 1 fully saturated rings. The van der Waals surface area contributed by atoms with E-state index in [0.717, 1.165) is 18.8 Å². The third kappa shape index (κ3) is 3.02. The molecule has 0 aliphatic carbocycles. The van der Waals surface area contributed by atoms with Gasteiger partial charge in [-0.25, -0.2) is 0 Å². The number of benzene rings is 2. The highest BCUT2D eigenvalue weighted by atomic mass is 35.5. The van der Waals surface area contributed by atoms with Gasteiger partial charge in [-0.2, -0.15) is 0 Å². The van der Waals surface area contributed by atoms with Gasteiger partial charge in [0.2, 0.25) is 0 Å². The van der Waals surface area contributed by atoms with Gasteiger partial charge in [-0.05, 0) is 49.2 Å². The Bertz CT molecular complexity index is 609. The van der Waals surface area contributed by atoms with Gasteiger partial charge < -0.3 is 9.64 Å². The van der Waals surface area contributed by atoms with E-state index in [1.165, 1.54) is 12.8 Å². The molecule has 20 heavy (non-hydrogen) atoms. The fourth-order valence-corrected chi connectivity index (χ4v) is 2.80. The van der Waals surface area contributed by atoms with Crippen LogP contribution in [0.1, 0.15) is 12.8 Å². The van der Waals surface area contributed by atoms with Crippen molar-refractivity contribution in [3.05, 3.63) is 52.5 Å². The maximum atomic E-state index is 6.31. The first-order chi connectivity index (χ1) is 9.72. The Morgan fingerprint density at radius 1 is 0.950 bits per heavy atom. The van der Waals surface area contributed by atoms with E-state index in [1.807, 2.05) is 30.3 Å². The van der Waals surface area contributed by atoms with Crippen LogP contribution in [0.15, 0.2) is 42.5 Å². The summed E-state index contributed by atoms with van der Waals surface area (Å²) >= 11 is 12.3. The molecule has 2 aromatic rings. The molecule has 0 spiro atoms. The van der Waals surface area contributed by atoms with Crippen LogP contribution in [0.3, 0.4) is 0 Å². The summed E-state index contributed by atoms with van der Waals surface area (Å²) in [6.45, 7) is 2.20. The van der Waals surface area contributed by atoms with E-state index in [1.54, 1.807) is 6.07 Å². The highest BCUT2D eigenvalue weighted by molar-refractivity contribution is 6.32. The third-order valence-electron chi connectivity index (χ3n) is 3.41. The van der Waals surface area contributed by atoms with Crippen LogP contribution in [-0.4, -0.2) is 13.1 Å². The molecule has 0 aromatic heterocycles. The minimum Gasteiger partial charge on any atom is -0.456 e. The van der Waals surface area contributed by atoms with E-state index in [0.29, 0.717) is 21.5 Å². The Hall–Kier alpha value is -1.38. The normalized spacial score (nSPS) is 14.6. The topological polar surface area (TPSA) is 12.5 Å². The molecule has 0 bridgehead atoms. The zero-order chi connectivity index (χ0) is 13.9. The fourth-order valence-electron chi connectivity index (χ4n) is 2.40. The largest absolute Gasteiger partial charge is 0.456 e. The van der Waals surface area contributed by atoms with Crippen LogP contribution in [0.5, 0.6) is 11.5 Å². The van der Waals surface area contributed by atoms with Gasteiger partial charge >= 0.3 is 0 Å². The number of hydrogen-bond donors (Lipinski definition) is 0. The molecule has 0 unspecified atom stereocenters. The number of ether oxygens (including phenoxy) is 1. The molecule has 0 saturated carbocycles. The standard InChI is InChI=1S/C16H15Cl2NO/c17-12-4-3-5-14(10-12)20-16-7-6-13(11-15(16)18)19-8-1-2-9-19/h3-7,10-11H,1-2,8-9H2. The molecule has 1 aliphatic rings. The lowest BCUT2D eigenvalue weighted by Gasteiger charge is -2.18. The van der Waals surface area contributed by atoms with Crippen molar-refractivity contribution in [3.63, 3.8) is 0 Å². The van der Waals surface area contributed by atoms with Crippen LogP contribution in [0.2, 0.25) is 10.0 Å². The lowest BCUT2D eigenvalue weighted by atomic mass is 10.2. The maximum Gasteiger partial charge on any atom is 0.146 e. The number of rotatable bonds is 3. The maximum absolute atomic E-state index is 6.31. The minimum atomic E-state index is 0.620. The number of hydrogen-bond acceptors (Lipinski definition) is 2. The van der Waals surface area contributed by atoms with Crippen molar-refractivity contribution in [3.8, 4) is 11.5 Å². The van der Waals surface area contributed by atoms with Crippen molar-refractivity contribution < 1.29 is 4.74 Å². The monoisotopic (exact) mass is 307 g/mol. The van der Waals surface area contributed by atoms with Crippen molar-refractivity contribution in [2.45, 2.75) is 12.8 Å². The Morgan fingerprint density at radius 3 is 2.45 bits per heavy atom. The van der Waals surface area contributed by atoms with Crippen LogP contribution in [0.4, 0.5) is 5.69 Å². The van der Waals surface area contributed by atoms with Gasteiger partial charge in [-0.1, -0.05) is 29.3 Å². The first kappa shape index (κ1) is 13.6. The molecule has 4 heteroatoms. The third-order valence-corrected chi connectivity index (χ3v) is 3.94. The zero-order valence-corrected chi connectivity index (χ0v) is 12.5. The molecule has 3 rings (SSSR count). The summed E-state index contributed by atoms with van der Waals surface area (Å²) in [7, 11) is 0. The van der Waals surface area contributed by atoms with E-state index >= 15 is 0 Å². The van der Waals surface area contributed by atoms with E-state index in [4.69, 9.17) is 27.9 Å². The van der Waals surface area contributed by atoms with E-state index in [2.05, 4.69) is 11.0 Å². The molecular weight excluding hydrogens is 293 g/mol. The summed E-state index contributed by atoms with van der Waals surface area (Å²) in [4.78, 5) is 2.34. The lowest BCUT2D eigenvalue weighted by molar-refractivity contribution is 0.483. The van der Waals surface area contributed by atoms with Gasteiger partial charge in [0.05, 0.1) is 5.02 Å². The number of anilines is 1. The molecular formula is C16H15Cl2NO. The van der Waals surface area contributed by atoms with Crippen LogP contribution in [0.25, 0.3) is 0 Å². The zero-order valence-electron chi connectivity index (χ0n) is 11.0. The summed E-state index contributed by atoms with van der Waals surface area (Å²) < 4.78 is 5.77. The van der Waals surface area contributed by atoms with Crippen molar-refractivity contribution in [2.24, 2.45) is 0 Å². The summed E-state index contributed by atoms with van der Waals surface area (Å²) in [6.07, 6.45) is 2.50. The molecule has 0 N–H and O–H groups in total. The number of nitrogens with zero attached hydrogens (tertiary/aromatic N) is 1. The molecule has 2 aromatic carbocycles. The summed E-state index contributed by atoms with van der Waals surface area (Å²) in [5, 5.41) is 1.27. The van der Waals surface area contributed by atoms with Crippen molar-refractivity contribution >= 4 is 28.9 Å². The predicted molar refractivity (Wildman–Crippen MR) is 84.4 cm³/mol. The van der Waals surface area contributed by atoms with Crippen LogP contribution in [-0.2, 0) is 0 Å². The number of halogens is 2. The van der Waals surface area contributed by atoms with Gasteiger partial charge in [-0.3, -0.25) is 0 Å². The van der Waals surface area contributed by atoms with Gasteiger partial charge in [0.15, 0.2) is 0 Å². The van der Waals surface area contributed by atoms with E-state index in [-0.39, 0.29) is 0 Å². The Morgan fingerprint density at radius 2 is 1.75 bits per heavy atom. The highest BCUT2D eigenvalue weighted by Gasteiger charge is 2.14. The highest BCUT2D eigenvalue weighted by Crippen LogP contribution is 2.34. The van der Waals surface area contributed by atoms with Crippen molar-refractivity contribution in [1.82, 2.24) is 0 Å². The summed E-state index contributed by atoms with van der Waals surface area (Å²) in [6, 6.07) is 13.2. The van der Waals surface area contributed by atoms with Gasteiger partial charge in [-0.15, -0.1) is 0 Å². The molecule has 0 atom stereocenters.